The number of nitrogens with zero attached hydrogens (tertiary/aromatic N) is 2. The van der Waals surface area contributed by atoms with Crippen molar-refractivity contribution < 1.29 is 4.74 Å². The highest BCUT2D eigenvalue weighted by Gasteiger charge is 2.17. The summed E-state index contributed by atoms with van der Waals surface area (Å²) in [6, 6.07) is 2.42. The average Bonchev–Trinajstić information content (AvgIpc) is 2.16. The van der Waals surface area contributed by atoms with Gasteiger partial charge in [0.15, 0.2) is 0 Å². The predicted molar refractivity (Wildman–Crippen MR) is 60.0 cm³/mol. The summed E-state index contributed by atoms with van der Waals surface area (Å²) in [7, 11) is 1.58. The Kier molecular flexibility index (Phi) is 3.63. The van der Waals surface area contributed by atoms with Gasteiger partial charge in [-0.05, 0) is 12.6 Å². The summed E-state index contributed by atoms with van der Waals surface area (Å²) < 4.78 is 5.07. The van der Waals surface area contributed by atoms with Crippen LogP contribution in [-0.2, 0) is 11.8 Å². The molecule has 0 atom stereocenters. The van der Waals surface area contributed by atoms with Crippen LogP contribution in [0, 0.1) is 0 Å². The molecule has 0 aliphatic rings. The molecule has 0 amide bonds. The van der Waals surface area contributed by atoms with Gasteiger partial charge < -0.3 is 10.5 Å². The normalized spacial score (nSPS) is 11.5. The molecule has 84 valence electrons. The van der Waals surface area contributed by atoms with Gasteiger partial charge in [-0.15, -0.1) is 0 Å². The SMILES string of the molecule is COc1nc(CCN)cc(C(C)(C)C)n1. The Morgan fingerprint density at radius 2 is 2.00 bits per heavy atom. The van der Waals surface area contributed by atoms with Crippen molar-refractivity contribution in [1.29, 1.82) is 0 Å². The second kappa shape index (κ2) is 4.57. The van der Waals surface area contributed by atoms with E-state index in [0.29, 0.717) is 12.6 Å². The maximum atomic E-state index is 5.51. The summed E-state index contributed by atoms with van der Waals surface area (Å²) in [5.74, 6) is 0. The van der Waals surface area contributed by atoms with E-state index in [1.807, 2.05) is 6.07 Å². The van der Waals surface area contributed by atoms with E-state index in [0.717, 1.165) is 17.8 Å². The Hall–Kier alpha value is -1.16. The van der Waals surface area contributed by atoms with Crippen molar-refractivity contribution in [2.75, 3.05) is 13.7 Å². The first-order valence-electron chi connectivity index (χ1n) is 5.10. The maximum absolute atomic E-state index is 5.51. The minimum absolute atomic E-state index is 0.000428. The summed E-state index contributed by atoms with van der Waals surface area (Å²) >= 11 is 0. The van der Waals surface area contributed by atoms with E-state index in [4.69, 9.17) is 10.5 Å². The van der Waals surface area contributed by atoms with Crippen LogP contribution in [-0.4, -0.2) is 23.6 Å². The van der Waals surface area contributed by atoms with Gasteiger partial charge in [0, 0.05) is 17.5 Å². The molecule has 0 aliphatic heterocycles. The van der Waals surface area contributed by atoms with Gasteiger partial charge in [-0.3, -0.25) is 0 Å². The van der Waals surface area contributed by atoms with Crippen molar-refractivity contribution in [2.24, 2.45) is 5.73 Å². The molecular weight excluding hydrogens is 190 g/mol. The zero-order valence-corrected chi connectivity index (χ0v) is 9.87. The lowest BCUT2D eigenvalue weighted by Crippen LogP contribution is -2.16. The molecule has 4 heteroatoms. The number of aromatic nitrogens is 2. The highest BCUT2D eigenvalue weighted by atomic mass is 16.5. The fourth-order valence-corrected chi connectivity index (χ4v) is 1.22. The molecule has 1 rings (SSSR count). The van der Waals surface area contributed by atoms with Crippen molar-refractivity contribution in [1.82, 2.24) is 9.97 Å². The van der Waals surface area contributed by atoms with Gasteiger partial charge in [0.1, 0.15) is 0 Å². The third-order valence-electron chi connectivity index (χ3n) is 2.11. The second-order valence-electron chi connectivity index (χ2n) is 4.52. The van der Waals surface area contributed by atoms with E-state index in [1.54, 1.807) is 7.11 Å². The van der Waals surface area contributed by atoms with Crippen LogP contribution >= 0.6 is 0 Å². The first kappa shape index (κ1) is 11.9. The van der Waals surface area contributed by atoms with Gasteiger partial charge in [0.25, 0.3) is 0 Å². The summed E-state index contributed by atoms with van der Waals surface area (Å²) in [6.45, 7) is 6.92. The quantitative estimate of drug-likeness (QED) is 0.814. The molecule has 1 aromatic rings. The Labute approximate surface area is 90.9 Å². The van der Waals surface area contributed by atoms with E-state index < -0.39 is 0 Å². The van der Waals surface area contributed by atoms with Crippen molar-refractivity contribution in [3.05, 3.63) is 17.5 Å². The van der Waals surface area contributed by atoms with Crippen LogP contribution in [0.2, 0.25) is 0 Å². The maximum Gasteiger partial charge on any atom is 0.316 e. The molecule has 0 fully saturated rings. The Balaban J connectivity index is 3.11. The fourth-order valence-electron chi connectivity index (χ4n) is 1.22. The van der Waals surface area contributed by atoms with Crippen molar-refractivity contribution in [3.8, 4) is 6.01 Å². The molecule has 0 saturated heterocycles. The lowest BCUT2D eigenvalue weighted by Gasteiger charge is -2.18. The fraction of sp³-hybridized carbons (Fsp3) is 0.636. The van der Waals surface area contributed by atoms with Crippen LogP contribution in [0.15, 0.2) is 6.07 Å². The zero-order chi connectivity index (χ0) is 11.5. The molecule has 0 aliphatic carbocycles. The second-order valence-corrected chi connectivity index (χ2v) is 4.52. The minimum atomic E-state index is -0.000428. The third kappa shape index (κ3) is 3.16. The molecule has 15 heavy (non-hydrogen) atoms. The van der Waals surface area contributed by atoms with Gasteiger partial charge in [-0.25, -0.2) is 4.98 Å². The van der Waals surface area contributed by atoms with Crippen LogP contribution in [0.25, 0.3) is 0 Å². The molecule has 1 aromatic heterocycles. The number of hydrogen-bond acceptors (Lipinski definition) is 4. The number of methoxy groups -OCH3 is 1. The number of hydrogen-bond donors (Lipinski definition) is 1. The van der Waals surface area contributed by atoms with Gasteiger partial charge in [-0.2, -0.15) is 4.98 Å². The van der Waals surface area contributed by atoms with Gasteiger partial charge >= 0.3 is 6.01 Å². The smallest absolute Gasteiger partial charge is 0.316 e. The molecule has 1 heterocycles. The third-order valence-corrected chi connectivity index (χ3v) is 2.11. The lowest BCUT2D eigenvalue weighted by atomic mass is 9.91. The standard InChI is InChI=1S/C11H19N3O/c1-11(2,3)9-7-8(5-6-12)13-10(14-9)15-4/h7H,5-6,12H2,1-4H3. The van der Waals surface area contributed by atoms with Crippen LogP contribution in [0.4, 0.5) is 0 Å². The summed E-state index contributed by atoms with van der Waals surface area (Å²) in [5.41, 5.74) is 7.43. The molecule has 0 radical (unpaired) electrons. The van der Waals surface area contributed by atoms with Crippen LogP contribution in [0.5, 0.6) is 6.01 Å². The van der Waals surface area contributed by atoms with Gasteiger partial charge in [0.05, 0.1) is 12.8 Å². The average molecular weight is 209 g/mol. The molecule has 0 spiro atoms. The predicted octanol–water partition coefficient (Wildman–Crippen LogP) is 1.28. The van der Waals surface area contributed by atoms with E-state index in [9.17, 15) is 0 Å². The highest BCUT2D eigenvalue weighted by Crippen LogP contribution is 2.22. The molecular formula is C11H19N3O. The molecule has 4 nitrogen and oxygen atoms in total. The topological polar surface area (TPSA) is 61.0 Å². The number of nitrogens with two attached hydrogens (primary N) is 1. The van der Waals surface area contributed by atoms with Crippen molar-refractivity contribution in [3.63, 3.8) is 0 Å². The van der Waals surface area contributed by atoms with Crippen LogP contribution in [0.1, 0.15) is 32.2 Å². The van der Waals surface area contributed by atoms with Gasteiger partial charge in [0.2, 0.25) is 0 Å². The summed E-state index contributed by atoms with van der Waals surface area (Å²) in [6.07, 6.45) is 0.752. The minimum Gasteiger partial charge on any atom is -0.467 e. The van der Waals surface area contributed by atoms with Gasteiger partial charge in [-0.1, -0.05) is 20.8 Å². The highest BCUT2D eigenvalue weighted by molar-refractivity contribution is 5.20. The zero-order valence-electron chi connectivity index (χ0n) is 9.87. The molecule has 0 saturated carbocycles. The van der Waals surface area contributed by atoms with Crippen LogP contribution < -0.4 is 10.5 Å². The summed E-state index contributed by atoms with van der Waals surface area (Å²) in [4.78, 5) is 8.57. The molecule has 2 N–H and O–H groups in total. The first-order chi connectivity index (χ1) is 6.97. The van der Waals surface area contributed by atoms with E-state index in [1.165, 1.54) is 0 Å². The monoisotopic (exact) mass is 209 g/mol. The molecule has 0 aromatic carbocycles. The van der Waals surface area contributed by atoms with E-state index >= 15 is 0 Å². The Bertz CT molecular complexity index is 331. The first-order valence-corrected chi connectivity index (χ1v) is 5.10. The lowest BCUT2D eigenvalue weighted by molar-refractivity contribution is 0.371. The Morgan fingerprint density at radius 3 is 2.47 bits per heavy atom. The Morgan fingerprint density at radius 1 is 1.33 bits per heavy atom. The molecule has 0 bridgehead atoms. The van der Waals surface area contributed by atoms with E-state index in [-0.39, 0.29) is 5.41 Å². The molecule has 0 unspecified atom stereocenters. The van der Waals surface area contributed by atoms with Crippen LogP contribution in [0.3, 0.4) is 0 Å². The number of ether oxygens (including phenoxy) is 1. The van der Waals surface area contributed by atoms with Crippen molar-refractivity contribution in [2.45, 2.75) is 32.6 Å². The van der Waals surface area contributed by atoms with E-state index in [2.05, 4.69) is 30.7 Å². The summed E-state index contributed by atoms with van der Waals surface area (Å²) in [5, 5.41) is 0. The largest absolute Gasteiger partial charge is 0.467 e. The number of rotatable bonds is 3. The van der Waals surface area contributed by atoms with Crippen molar-refractivity contribution >= 4 is 0 Å².